The Balaban J connectivity index is 2.08. The van der Waals surface area contributed by atoms with E-state index in [2.05, 4.69) is 47.1 Å². The summed E-state index contributed by atoms with van der Waals surface area (Å²) in [6.07, 6.45) is 1.97. The Morgan fingerprint density at radius 1 is 1.00 bits per heavy atom. The van der Waals surface area contributed by atoms with Gasteiger partial charge in [0.2, 0.25) is 0 Å². The fourth-order valence-corrected chi connectivity index (χ4v) is 3.10. The lowest BCUT2D eigenvalue weighted by Gasteiger charge is -2.15. The third-order valence-electron chi connectivity index (χ3n) is 3.38. The van der Waals surface area contributed by atoms with Crippen molar-refractivity contribution >= 4 is 39.1 Å². The van der Waals surface area contributed by atoms with Crippen LogP contribution >= 0.6 is 39.1 Å². The Labute approximate surface area is 139 Å². The van der Waals surface area contributed by atoms with Crippen molar-refractivity contribution in [3.63, 3.8) is 0 Å². The number of aryl methyl sites for hydroxylation is 1. The molecule has 2 aromatic carbocycles. The van der Waals surface area contributed by atoms with Gasteiger partial charge in [-0.2, -0.15) is 0 Å². The summed E-state index contributed by atoms with van der Waals surface area (Å²) in [6, 6.07) is 14.4. The van der Waals surface area contributed by atoms with E-state index in [0.29, 0.717) is 5.92 Å². The zero-order valence-corrected chi connectivity index (χ0v) is 14.5. The van der Waals surface area contributed by atoms with Crippen LogP contribution < -0.4 is 0 Å². The van der Waals surface area contributed by atoms with E-state index in [1.165, 1.54) is 11.1 Å². The summed E-state index contributed by atoms with van der Waals surface area (Å²) in [5, 5.41) is 2.49. The summed E-state index contributed by atoms with van der Waals surface area (Å²) in [6.45, 7) is 2.11. The van der Waals surface area contributed by atoms with Crippen molar-refractivity contribution in [3.05, 3.63) is 69.2 Å². The molecule has 0 aliphatic carbocycles. The Morgan fingerprint density at radius 2 is 1.70 bits per heavy atom. The van der Waals surface area contributed by atoms with E-state index in [1.807, 2.05) is 18.2 Å². The van der Waals surface area contributed by atoms with Crippen LogP contribution in [0.4, 0.5) is 0 Å². The molecule has 0 saturated heterocycles. The van der Waals surface area contributed by atoms with Gasteiger partial charge in [0, 0.05) is 15.4 Å². The minimum absolute atomic E-state index is 0.508. The second kappa shape index (κ2) is 7.49. The number of halogens is 3. The summed E-state index contributed by atoms with van der Waals surface area (Å²) in [5.74, 6) is 0.508. The Bertz CT molecular complexity index is 564. The quantitative estimate of drug-likeness (QED) is 0.557. The van der Waals surface area contributed by atoms with Crippen molar-refractivity contribution in [1.29, 1.82) is 0 Å². The van der Waals surface area contributed by atoms with Gasteiger partial charge < -0.3 is 0 Å². The monoisotopic (exact) mass is 370 g/mol. The van der Waals surface area contributed by atoms with Crippen molar-refractivity contribution < 1.29 is 0 Å². The van der Waals surface area contributed by atoms with Crippen LogP contribution in [-0.4, -0.2) is 5.33 Å². The minimum Gasteiger partial charge on any atom is -0.0925 e. The molecule has 20 heavy (non-hydrogen) atoms. The molecular formula is C17H17BrCl2. The second-order valence-corrected chi connectivity index (χ2v) is 6.64. The highest BCUT2D eigenvalue weighted by molar-refractivity contribution is 9.09. The van der Waals surface area contributed by atoms with Crippen LogP contribution in [0.3, 0.4) is 0 Å². The molecule has 1 unspecified atom stereocenters. The fourth-order valence-electron chi connectivity index (χ4n) is 2.25. The van der Waals surface area contributed by atoms with Crippen molar-refractivity contribution in [1.82, 2.24) is 0 Å². The Hall–Kier alpha value is -0.500. The molecule has 1 atom stereocenters. The maximum absolute atomic E-state index is 6.25. The lowest BCUT2D eigenvalue weighted by atomic mass is 9.94. The maximum atomic E-state index is 6.25. The predicted molar refractivity (Wildman–Crippen MR) is 92.3 cm³/mol. The van der Waals surface area contributed by atoms with Gasteiger partial charge >= 0.3 is 0 Å². The molecule has 0 aliphatic rings. The number of hydrogen-bond donors (Lipinski definition) is 0. The van der Waals surface area contributed by atoms with Gasteiger partial charge in [-0.15, -0.1) is 0 Å². The average Bonchev–Trinajstić information content (AvgIpc) is 2.44. The summed E-state index contributed by atoms with van der Waals surface area (Å²) >= 11 is 15.9. The maximum Gasteiger partial charge on any atom is 0.0439 e. The van der Waals surface area contributed by atoms with Crippen LogP contribution in [0, 0.1) is 12.8 Å². The summed E-state index contributed by atoms with van der Waals surface area (Å²) in [5.41, 5.74) is 3.77. The first-order chi connectivity index (χ1) is 9.58. The number of hydrogen-bond acceptors (Lipinski definition) is 0. The van der Waals surface area contributed by atoms with Crippen molar-refractivity contribution in [3.8, 4) is 0 Å². The minimum atomic E-state index is 0.508. The van der Waals surface area contributed by atoms with Crippen LogP contribution in [-0.2, 0) is 12.8 Å². The van der Waals surface area contributed by atoms with Gasteiger partial charge in [-0.25, -0.2) is 0 Å². The normalized spacial score (nSPS) is 12.4. The first-order valence-electron chi connectivity index (χ1n) is 6.64. The lowest BCUT2D eigenvalue weighted by Crippen LogP contribution is -2.10. The smallest absolute Gasteiger partial charge is 0.0439 e. The molecule has 0 radical (unpaired) electrons. The van der Waals surface area contributed by atoms with Gasteiger partial charge in [0.1, 0.15) is 0 Å². The molecule has 2 aromatic rings. The van der Waals surface area contributed by atoms with E-state index >= 15 is 0 Å². The summed E-state index contributed by atoms with van der Waals surface area (Å²) < 4.78 is 0. The van der Waals surface area contributed by atoms with E-state index < -0.39 is 0 Å². The highest BCUT2D eigenvalue weighted by atomic mass is 79.9. The Kier molecular flexibility index (Phi) is 5.95. The molecule has 0 aliphatic heterocycles. The number of rotatable bonds is 5. The van der Waals surface area contributed by atoms with Crippen LogP contribution in [0.5, 0.6) is 0 Å². The average molecular weight is 372 g/mol. The van der Waals surface area contributed by atoms with Crippen molar-refractivity contribution in [2.45, 2.75) is 19.8 Å². The number of alkyl halides is 1. The molecule has 0 aromatic heterocycles. The first-order valence-corrected chi connectivity index (χ1v) is 8.51. The zero-order chi connectivity index (χ0) is 14.5. The molecular weight excluding hydrogens is 355 g/mol. The van der Waals surface area contributed by atoms with Gasteiger partial charge in [-0.05, 0) is 55.0 Å². The lowest BCUT2D eigenvalue weighted by molar-refractivity contribution is 0.591. The first kappa shape index (κ1) is 15.9. The van der Waals surface area contributed by atoms with Gasteiger partial charge in [-0.3, -0.25) is 0 Å². The molecule has 0 amide bonds. The predicted octanol–water partition coefficient (Wildman–Crippen LogP) is 6.10. The molecule has 3 heteroatoms. The molecule has 0 saturated carbocycles. The fraction of sp³-hybridized carbons (Fsp3) is 0.294. The standard InChI is InChI=1S/C17H17BrCl2/c1-12-2-4-13(5-3-12)8-14(11-18)9-15-10-16(19)6-7-17(15)20/h2-7,10,14H,8-9,11H2,1H3. The van der Waals surface area contributed by atoms with Crippen LogP contribution in [0.2, 0.25) is 10.0 Å². The SMILES string of the molecule is Cc1ccc(CC(CBr)Cc2cc(Cl)ccc2Cl)cc1. The molecule has 0 heterocycles. The molecule has 106 valence electrons. The van der Waals surface area contributed by atoms with Gasteiger partial charge in [-0.1, -0.05) is 69.0 Å². The number of benzene rings is 2. The van der Waals surface area contributed by atoms with E-state index in [0.717, 1.165) is 33.8 Å². The highest BCUT2D eigenvalue weighted by Crippen LogP contribution is 2.25. The largest absolute Gasteiger partial charge is 0.0925 e. The van der Waals surface area contributed by atoms with Crippen LogP contribution in [0.15, 0.2) is 42.5 Å². The zero-order valence-electron chi connectivity index (χ0n) is 11.4. The van der Waals surface area contributed by atoms with E-state index in [1.54, 1.807) is 0 Å². The second-order valence-electron chi connectivity index (χ2n) is 5.15. The third-order valence-corrected chi connectivity index (χ3v) is 4.90. The van der Waals surface area contributed by atoms with Crippen LogP contribution in [0.25, 0.3) is 0 Å². The van der Waals surface area contributed by atoms with Crippen LogP contribution in [0.1, 0.15) is 16.7 Å². The summed E-state index contributed by atoms with van der Waals surface area (Å²) in [4.78, 5) is 0. The van der Waals surface area contributed by atoms with Gasteiger partial charge in [0.25, 0.3) is 0 Å². The molecule has 2 rings (SSSR count). The molecule has 0 N–H and O–H groups in total. The Morgan fingerprint density at radius 3 is 2.35 bits per heavy atom. The summed E-state index contributed by atoms with van der Waals surface area (Å²) in [7, 11) is 0. The topological polar surface area (TPSA) is 0 Å². The van der Waals surface area contributed by atoms with Gasteiger partial charge in [0.05, 0.1) is 0 Å². The van der Waals surface area contributed by atoms with E-state index in [4.69, 9.17) is 23.2 Å². The molecule has 0 nitrogen and oxygen atoms in total. The molecule has 0 fully saturated rings. The van der Waals surface area contributed by atoms with Crippen molar-refractivity contribution in [2.75, 3.05) is 5.33 Å². The highest BCUT2D eigenvalue weighted by Gasteiger charge is 2.12. The third kappa shape index (κ3) is 4.51. The van der Waals surface area contributed by atoms with E-state index in [-0.39, 0.29) is 0 Å². The van der Waals surface area contributed by atoms with Crippen molar-refractivity contribution in [2.24, 2.45) is 5.92 Å². The van der Waals surface area contributed by atoms with Gasteiger partial charge in [0.15, 0.2) is 0 Å². The molecule has 0 bridgehead atoms. The molecule has 0 spiro atoms. The van der Waals surface area contributed by atoms with E-state index in [9.17, 15) is 0 Å².